The van der Waals surface area contributed by atoms with Crippen LogP contribution in [0.1, 0.15) is 28.4 Å². The lowest BCUT2D eigenvalue weighted by Gasteiger charge is -2.22. The Bertz CT molecular complexity index is 1030. The van der Waals surface area contributed by atoms with E-state index < -0.39 is 23.4 Å². The van der Waals surface area contributed by atoms with Gasteiger partial charge in [0.05, 0.1) is 0 Å². The number of carbonyl (C=O) groups excluding carboxylic acids is 4. The normalized spacial score (nSPS) is 20.7. The molecular weight excluding hydrogens is 372 g/mol. The van der Waals surface area contributed by atoms with E-state index in [-0.39, 0.29) is 12.5 Å². The molecule has 8 nitrogen and oxygen atoms in total. The van der Waals surface area contributed by atoms with Crippen molar-refractivity contribution in [3.05, 3.63) is 77.9 Å². The Balaban J connectivity index is 1.48. The Morgan fingerprint density at radius 1 is 1.03 bits per heavy atom. The van der Waals surface area contributed by atoms with Gasteiger partial charge in [0.2, 0.25) is 0 Å². The van der Waals surface area contributed by atoms with Crippen molar-refractivity contribution in [2.45, 2.75) is 12.5 Å². The molecule has 4 rings (SSSR count). The van der Waals surface area contributed by atoms with Crippen LogP contribution in [-0.2, 0) is 15.1 Å². The first-order valence-corrected chi connectivity index (χ1v) is 8.95. The lowest BCUT2D eigenvalue weighted by molar-refractivity contribution is -0.139. The Hall–Kier alpha value is -3.94. The summed E-state index contributed by atoms with van der Waals surface area (Å²) in [4.78, 5) is 51.4. The number of nitrogens with zero attached hydrogens (tertiary/aromatic N) is 2. The number of imide groups is 1. The van der Waals surface area contributed by atoms with E-state index in [2.05, 4.69) is 17.3 Å². The van der Waals surface area contributed by atoms with Crippen molar-refractivity contribution in [1.29, 1.82) is 0 Å². The molecule has 2 aromatic carbocycles. The molecule has 1 fully saturated rings. The minimum Gasteiger partial charge on any atom is -0.318 e. The number of carbonyl (C=O) groups is 4. The van der Waals surface area contributed by atoms with E-state index in [1.165, 1.54) is 4.90 Å². The summed E-state index contributed by atoms with van der Waals surface area (Å²) in [5, 5.41) is 3.25. The zero-order valence-corrected chi connectivity index (χ0v) is 15.6. The first-order valence-electron chi connectivity index (χ1n) is 8.95. The van der Waals surface area contributed by atoms with Gasteiger partial charge in [0.25, 0.3) is 17.7 Å². The van der Waals surface area contributed by atoms with Crippen LogP contribution in [0.3, 0.4) is 0 Å². The third-order valence-electron chi connectivity index (χ3n) is 5.12. The van der Waals surface area contributed by atoms with Crippen molar-refractivity contribution in [3.63, 3.8) is 0 Å². The van der Waals surface area contributed by atoms with Crippen molar-refractivity contribution >= 4 is 29.4 Å². The van der Waals surface area contributed by atoms with Crippen LogP contribution >= 0.6 is 0 Å². The molecule has 5 amide bonds. The van der Waals surface area contributed by atoms with Gasteiger partial charge in [-0.05, 0) is 18.6 Å². The summed E-state index contributed by atoms with van der Waals surface area (Å²) in [5.41, 5.74) is 3.09. The minimum atomic E-state index is -1.30. The first kappa shape index (κ1) is 18.4. The third-order valence-corrected chi connectivity index (χ3v) is 5.12. The number of hydrogen-bond acceptors (Lipinski definition) is 4. The van der Waals surface area contributed by atoms with Crippen LogP contribution in [0.25, 0.3) is 5.70 Å². The highest BCUT2D eigenvalue weighted by Crippen LogP contribution is 2.31. The standard InChI is InChI=1S/C21H18N4O4/c1-13-15-10-6-7-11-16(15)18(27)24(13)12-17(26)23-25-19(28)21(2,22-20(25)29)14-8-4-3-5-9-14/h3-11H,1,12H2,2H3,(H,22,29)(H,23,26). The molecule has 2 N–H and O–H groups in total. The molecule has 29 heavy (non-hydrogen) atoms. The molecule has 1 unspecified atom stereocenters. The zero-order valence-electron chi connectivity index (χ0n) is 15.6. The summed E-state index contributed by atoms with van der Waals surface area (Å²) in [5.74, 6) is -1.66. The number of hydrogen-bond donors (Lipinski definition) is 2. The maximum Gasteiger partial charge on any atom is 0.344 e. The smallest absolute Gasteiger partial charge is 0.318 e. The van der Waals surface area contributed by atoms with E-state index in [1.807, 2.05) is 0 Å². The van der Waals surface area contributed by atoms with Gasteiger partial charge in [-0.1, -0.05) is 55.1 Å². The van der Waals surface area contributed by atoms with E-state index in [1.54, 1.807) is 61.5 Å². The Labute approximate surface area is 166 Å². The summed E-state index contributed by atoms with van der Waals surface area (Å²) in [7, 11) is 0. The SMILES string of the molecule is C=C1c2ccccc2C(=O)N1CC(=O)NN1C(=O)NC(C)(c2ccccc2)C1=O. The van der Waals surface area contributed by atoms with Gasteiger partial charge in [0.15, 0.2) is 0 Å². The summed E-state index contributed by atoms with van der Waals surface area (Å²) in [6, 6.07) is 14.9. The molecular formula is C21H18N4O4. The summed E-state index contributed by atoms with van der Waals surface area (Å²) < 4.78 is 0. The largest absolute Gasteiger partial charge is 0.344 e. The van der Waals surface area contributed by atoms with E-state index in [4.69, 9.17) is 0 Å². The van der Waals surface area contributed by atoms with Gasteiger partial charge < -0.3 is 5.32 Å². The molecule has 0 saturated carbocycles. The minimum absolute atomic E-state index is 0.355. The molecule has 1 atom stereocenters. The summed E-state index contributed by atoms with van der Waals surface area (Å²) in [6.07, 6.45) is 0. The van der Waals surface area contributed by atoms with Gasteiger partial charge in [-0.25, -0.2) is 4.79 Å². The van der Waals surface area contributed by atoms with Crippen LogP contribution in [0.4, 0.5) is 4.79 Å². The van der Waals surface area contributed by atoms with Gasteiger partial charge in [0, 0.05) is 16.8 Å². The average molecular weight is 390 g/mol. The fourth-order valence-electron chi connectivity index (χ4n) is 3.51. The predicted octanol–water partition coefficient (Wildman–Crippen LogP) is 1.61. The predicted molar refractivity (Wildman–Crippen MR) is 104 cm³/mol. The molecule has 2 aromatic rings. The maximum absolute atomic E-state index is 12.8. The Morgan fingerprint density at radius 2 is 1.66 bits per heavy atom. The molecule has 146 valence electrons. The number of urea groups is 1. The third kappa shape index (κ3) is 2.85. The number of amides is 5. The summed E-state index contributed by atoms with van der Waals surface area (Å²) >= 11 is 0. The molecule has 8 heteroatoms. The highest BCUT2D eigenvalue weighted by molar-refractivity contribution is 6.11. The van der Waals surface area contributed by atoms with Crippen LogP contribution in [0.2, 0.25) is 0 Å². The van der Waals surface area contributed by atoms with E-state index in [0.29, 0.717) is 27.4 Å². The van der Waals surface area contributed by atoms with E-state index in [0.717, 1.165) is 0 Å². The molecule has 0 spiro atoms. The van der Waals surface area contributed by atoms with Crippen molar-refractivity contribution in [2.24, 2.45) is 0 Å². The number of fused-ring (bicyclic) bond motifs is 1. The van der Waals surface area contributed by atoms with Crippen molar-refractivity contribution < 1.29 is 19.2 Å². The maximum atomic E-state index is 12.8. The van der Waals surface area contributed by atoms with E-state index in [9.17, 15) is 19.2 Å². The Morgan fingerprint density at radius 3 is 2.31 bits per heavy atom. The lowest BCUT2D eigenvalue weighted by atomic mass is 9.92. The van der Waals surface area contributed by atoms with Crippen LogP contribution in [-0.4, -0.2) is 40.2 Å². The zero-order chi connectivity index (χ0) is 20.8. The van der Waals surface area contributed by atoms with Gasteiger partial charge in [-0.3, -0.25) is 24.7 Å². The van der Waals surface area contributed by atoms with Gasteiger partial charge >= 0.3 is 6.03 Å². The molecule has 2 aliphatic heterocycles. The fourth-order valence-corrected chi connectivity index (χ4v) is 3.51. The number of hydrazine groups is 1. The molecule has 0 bridgehead atoms. The quantitative estimate of drug-likeness (QED) is 0.775. The second kappa shape index (κ2) is 6.59. The van der Waals surface area contributed by atoms with E-state index >= 15 is 0 Å². The second-order valence-corrected chi connectivity index (χ2v) is 6.98. The molecule has 0 aliphatic carbocycles. The highest BCUT2D eigenvalue weighted by atomic mass is 16.2. The topological polar surface area (TPSA) is 98.8 Å². The number of benzene rings is 2. The fraction of sp³-hybridized carbons (Fsp3) is 0.143. The molecule has 2 heterocycles. The van der Waals surface area contributed by atoms with Gasteiger partial charge in [0.1, 0.15) is 12.1 Å². The molecule has 0 aromatic heterocycles. The molecule has 1 saturated heterocycles. The number of nitrogens with one attached hydrogen (secondary N) is 2. The van der Waals surface area contributed by atoms with Crippen LogP contribution in [0.15, 0.2) is 61.2 Å². The van der Waals surface area contributed by atoms with Gasteiger partial charge in [-0.2, -0.15) is 5.01 Å². The lowest BCUT2D eigenvalue weighted by Crippen LogP contribution is -2.50. The molecule has 2 aliphatic rings. The highest BCUT2D eigenvalue weighted by Gasteiger charge is 2.50. The molecule has 0 radical (unpaired) electrons. The van der Waals surface area contributed by atoms with Crippen molar-refractivity contribution in [3.8, 4) is 0 Å². The Kier molecular flexibility index (Phi) is 4.19. The van der Waals surface area contributed by atoms with Crippen molar-refractivity contribution in [2.75, 3.05) is 6.54 Å². The van der Waals surface area contributed by atoms with Gasteiger partial charge in [-0.15, -0.1) is 0 Å². The average Bonchev–Trinajstić information content (AvgIpc) is 3.09. The van der Waals surface area contributed by atoms with Crippen LogP contribution in [0, 0.1) is 0 Å². The second-order valence-electron chi connectivity index (χ2n) is 6.98. The number of rotatable bonds is 4. The first-order chi connectivity index (χ1) is 13.8. The van der Waals surface area contributed by atoms with Crippen LogP contribution in [0.5, 0.6) is 0 Å². The monoisotopic (exact) mass is 390 g/mol. The van der Waals surface area contributed by atoms with Crippen molar-refractivity contribution in [1.82, 2.24) is 20.7 Å². The van der Waals surface area contributed by atoms with Crippen LogP contribution < -0.4 is 10.7 Å². The summed E-state index contributed by atoms with van der Waals surface area (Å²) in [6.45, 7) is 5.07.